The van der Waals surface area contributed by atoms with Crippen molar-refractivity contribution in [3.8, 4) is 5.88 Å². The summed E-state index contributed by atoms with van der Waals surface area (Å²) in [6.45, 7) is 10.4. The van der Waals surface area contributed by atoms with Crippen molar-refractivity contribution >= 4 is 18.0 Å². The number of pyridine rings is 1. The molecule has 9 heteroatoms. The highest BCUT2D eigenvalue weighted by atomic mass is 16.6. The lowest BCUT2D eigenvalue weighted by Gasteiger charge is -2.39. The number of carbonyl (C=O) groups is 3. The number of nitrogens with zero attached hydrogens (tertiary/aromatic N) is 2. The third-order valence-electron chi connectivity index (χ3n) is 5.68. The fourth-order valence-electron chi connectivity index (χ4n) is 3.90. The third kappa shape index (κ3) is 3.93. The minimum atomic E-state index is -1.86. The molecule has 0 unspecified atom stereocenters. The van der Waals surface area contributed by atoms with Crippen LogP contribution in [0.5, 0.6) is 5.88 Å². The summed E-state index contributed by atoms with van der Waals surface area (Å²) in [5.41, 5.74) is 0.209. The van der Waals surface area contributed by atoms with Crippen LogP contribution in [-0.4, -0.2) is 63.4 Å². The summed E-state index contributed by atoms with van der Waals surface area (Å²) in [4.78, 5) is 41.5. The van der Waals surface area contributed by atoms with Crippen LogP contribution in [0.1, 0.15) is 43.2 Å². The van der Waals surface area contributed by atoms with Crippen LogP contribution in [0, 0.1) is 25.2 Å². The molecular weight excluding hydrogens is 392 g/mol. The molecule has 0 bridgehead atoms. The fraction of sp³-hybridized carbons (Fsp3) is 0.619. The summed E-state index contributed by atoms with van der Waals surface area (Å²) in [6.07, 6.45) is -0.519. The maximum atomic E-state index is 12.0. The molecule has 1 aromatic heterocycles. The van der Waals surface area contributed by atoms with Crippen molar-refractivity contribution in [1.82, 2.24) is 9.88 Å². The predicted octanol–water partition coefficient (Wildman–Crippen LogP) is 2.20. The van der Waals surface area contributed by atoms with Gasteiger partial charge in [-0.2, -0.15) is 0 Å². The highest BCUT2D eigenvalue weighted by Gasteiger charge is 2.52. The standard InChI is InChI=1S/C21H28N2O7/c1-11-14-6-21(17(24)25,18(26)27)7-15(14)12(2)22-16(11)29-10-13-8-23(9-13)19(28)30-20(3,4)5/h13H,6-10H2,1-5H3,(H,24,25)(H,26,27). The number of hydrogen-bond donors (Lipinski definition) is 2. The zero-order valence-corrected chi connectivity index (χ0v) is 17.9. The van der Waals surface area contributed by atoms with Crippen LogP contribution in [-0.2, 0) is 27.2 Å². The Bertz CT molecular complexity index is 884. The molecule has 0 spiro atoms. The van der Waals surface area contributed by atoms with Gasteiger partial charge in [0.1, 0.15) is 5.60 Å². The van der Waals surface area contributed by atoms with Gasteiger partial charge in [-0.25, -0.2) is 9.78 Å². The number of aromatic nitrogens is 1. The molecule has 0 aromatic carbocycles. The minimum absolute atomic E-state index is 0.0829. The fourth-order valence-corrected chi connectivity index (χ4v) is 3.90. The lowest BCUT2D eigenvalue weighted by molar-refractivity contribution is -0.163. The SMILES string of the molecule is Cc1nc(OCC2CN(C(=O)OC(C)(C)C)C2)c(C)c2c1CC(C(=O)O)(C(=O)O)C2. The van der Waals surface area contributed by atoms with E-state index in [-0.39, 0.29) is 24.9 Å². The first-order valence-corrected chi connectivity index (χ1v) is 9.90. The maximum Gasteiger partial charge on any atom is 0.410 e. The van der Waals surface area contributed by atoms with Crippen LogP contribution in [0.2, 0.25) is 0 Å². The Kier molecular flexibility index (Phi) is 5.43. The topological polar surface area (TPSA) is 126 Å². The Labute approximate surface area is 175 Å². The smallest absolute Gasteiger partial charge is 0.410 e. The molecule has 1 saturated heterocycles. The summed E-state index contributed by atoms with van der Waals surface area (Å²) in [7, 11) is 0. The zero-order valence-electron chi connectivity index (χ0n) is 17.9. The van der Waals surface area contributed by atoms with Gasteiger partial charge in [-0.3, -0.25) is 9.59 Å². The molecule has 0 atom stereocenters. The van der Waals surface area contributed by atoms with Gasteiger partial charge in [0.25, 0.3) is 0 Å². The number of carbonyl (C=O) groups excluding carboxylic acids is 1. The predicted molar refractivity (Wildman–Crippen MR) is 106 cm³/mol. The quantitative estimate of drug-likeness (QED) is 0.694. The number of ether oxygens (including phenoxy) is 2. The van der Waals surface area contributed by atoms with Gasteiger partial charge in [0, 0.05) is 43.1 Å². The molecule has 164 valence electrons. The lowest BCUT2D eigenvalue weighted by Crippen LogP contribution is -2.53. The number of aryl methyl sites for hydroxylation is 1. The maximum absolute atomic E-state index is 12.0. The number of aliphatic carboxylic acids is 2. The summed E-state index contributed by atoms with van der Waals surface area (Å²) < 4.78 is 11.2. The number of carboxylic acid groups (broad SMARTS) is 2. The van der Waals surface area contributed by atoms with Crippen molar-refractivity contribution in [2.75, 3.05) is 19.7 Å². The highest BCUT2D eigenvalue weighted by molar-refractivity contribution is 6.00. The van der Waals surface area contributed by atoms with Gasteiger partial charge in [-0.05, 0) is 45.7 Å². The Hall–Kier alpha value is -2.84. The van der Waals surface area contributed by atoms with Crippen molar-refractivity contribution < 1.29 is 34.1 Å². The number of amides is 1. The Morgan fingerprint density at radius 3 is 2.20 bits per heavy atom. The van der Waals surface area contributed by atoms with Gasteiger partial charge in [-0.15, -0.1) is 0 Å². The lowest BCUT2D eigenvalue weighted by atomic mass is 9.84. The van der Waals surface area contributed by atoms with Gasteiger partial charge in [0.05, 0.1) is 6.61 Å². The average molecular weight is 420 g/mol. The molecule has 2 heterocycles. The van der Waals surface area contributed by atoms with E-state index in [4.69, 9.17) is 9.47 Å². The largest absolute Gasteiger partial charge is 0.480 e. The summed E-state index contributed by atoms with van der Waals surface area (Å²) >= 11 is 0. The second-order valence-corrected chi connectivity index (χ2v) is 9.19. The molecule has 3 rings (SSSR count). The van der Waals surface area contributed by atoms with Gasteiger partial charge in [0.15, 0.2) is 5.41 Å². The van der Waals surface area contributed by atoms with E-state index in [1.54, 1.807) is 18.7 Å². The molecule has 2 N–H and O–H groups in total. The average Bonchev–Trinajstić information content (AvgIpc) is 2.99. The van der Waals surface area contributed by atoms with Crippen molar-refractivity contribution in [3.05, 3.63) is 22.4 Å². The van der Waals surface area contributed by atoms with E-state index in [0.717, 1.165) is 0 Å². The van der Waals surface area contributed by atoms with E-state index < -0.39 is 23.0 Å². The second kappa shape index (κ2) is 7.45. The van der Waals surface area contributed by atoms with Gasteiger partial charge >= 0.3 is 18.0 Å². The van der Waals surface area contributed by atoms with E-state index in [9.17, 15) is 24.6 Å². The molecule has 1 fully saturated rings. The second-order valence-electron chi connectivity index (χ2n) is 9.19. The summed E-state index contributed by atoms with van der Waals surface area (Å²) in [6, 6.07) is 0. The van der Waals surface area contributed by atoms with Crippen LogP contribution >= 0.6 is 0 Å². The highest BCUT2D eigenvalue weighted by Crippen LogP contribution is 2.42. The monoisotopic (exact) mass is 420 g/mol. The molecule has 30 heavy (non-hydrogen) atoms. The normalized spacial score (nSPS) is 17.8. The number of likely N-dealkylation sites (tertiary alicyclic amines) is 1. The third-order valence-corrected chi connectivity index (χ3v) is 5.68. The van der Waals surface area contributed by atoms with Crippen molar-refractivity contribution in [1.29, 1.82) is 0 Å². The van der Waals surface area contributed by atoms with Gasteiger partial charge in [-0.1, -0.05) is 0 Å². The van der Waals surface area contributed by atoms with E-state index in [2.05, 4.69) is 4.98 Å². The molecule has 0 saturated carbocycles. The van der Waals surface area contributed by atoms with E-state index >= 15 is 0 Å². The van der Waals surface area contributed by atoms with Crippen LogP contribution in [0.3, 0.4) is 0 Å². The molecule has 1 aliphatic heterocycles. The van der Waals surface area contributed by atoms with Crippen molar-refractivity contribution in [2.24, 2.45) is 11.3 Å². The van der Waals surface area contributed by atoms with Crippen LogP contribution in [0.15, 0.2) is 0 Å². The first kappa shape index (κ1) is 21.9. The van der Waals surface area contributed by atoms with Crippen LogP contribution < -0.4 is 4.74 Å². The van der Waals surface area contributed by atoms with Crippen LogP contribution in [0.25, 0.3) is 0 Å². The van der Waals surface area contributed by atoms with E-state index in [1.807, 2.05) is 20.8 Å². The first-order chi connectivity index (χ1) is 13.8. The number of carboxylic acids is 2. The molecular formula is C21H28N2O7. The Morgan fingerprint density at radius 1 is 1.10 bits per heavy atom. The number of rotatable bonds is 5. The van der Waals surface area contributed by atoms with E-state index in [0.29, 0.717) is 48.0 Å². The summed E-state index contributed by atoms with van der Waals surface area (Å²) in [5.74, 6) is -2.16. The molecule has 9 nitrogen and oxygen atoms in total. The van der Waals surface area contributed by atoms with Crippen LogP contribution in [0.4, 0.5) is 4.79 Å². The zero-order chi connectivity index (χ0) is 22.4. The summed E-state index contributed by atoms with van der Waals surface area (Å²) in [5, 5.41) is 19.1. The Balaban J connectivity index is 1.66. The van der Waals surface area contributed by atoms with E-state index in [1.165, 1.54) is 0 Å². The first-order valence-electron chi connectivity index (χ1n) is 9.90. The van der Waals surface area contributed by atoms with Gasteiger partial charge in [0.2, 0.25) is 5.88 Å². The molecule has 2 aliphatic rings. The minimum Gasteiger partial charge on any atom is -0.480 e. The van der Waals surface area contributed by atoms with Crippen molar-refractivity contribution in [3.63, 3.8) is 0 Å². The van der Waals surface area contributed by atoms with Gasteiger partial charge < -0.3 is 24.6 Å². The molecule has 1 amide bonds. The molecule has 0 radical (unpaired) electrons. The molecule has 1 aliphatic carbocycles. The number of fused-ring (bicyclic) bond motifs is 1. The number of hydrogen-bond acceptors (Lipinski definition) is 6. The van der Waals surface area contributed by atoms with Crippen molar-refractivity contribution in [2.45, 2.75) is 53.1 Å². The molecule has 1 aromatic rings. The Morgan fingerprint density at radius 2 is 1.67 bits per heavy atom.